The van der Waals surface area contributed by atoms with Gasteiger partial charge in [-0.2, -0.15) is 4.31 Å². The molecule has 1 N–H and O–H groups in total. The molecule has 0 unspecified atom stereocenters. The maximum atomic E-state index is 12.6. The van der Waals surface area contributed by atoms with E-state index in [0.717, 1.165) is 45.7 Å². The van der Waals surface area contributed by atoms with Gasteiger partial charge in [-0.1, -0.05) is 13.0 Å². The van der Waals surface area contributed by atoms with Gasteiger partial charge in [0.15, 0.2) is 0 Å². The Morgan fingerprint density at radius 3 is 2.63 bits per heavy atom. The molecule has 0 saturated carbocycles. The lowest BCUT2D eigenvalue weighted by molar-refractivity contribution is -0.126. The van der Waals surface area contributed by atoms with Gasteiger partial charge in [-0.05, 0) is 30.2 Å². The first-order valence-corrected chi connectivity index (χ1v) is 11.9. The highest BCUT2D eigenvalue weighted by Crippen LogP contribution is 2.29. The quantitative estimate of drug-likeness (QED) is 0.725. The van der Waals surface area contributed by atoms with Crippen molar-refractivity contribution in [3.8, 4) is 0 Å². The van der Waals surface area contributed by atoms with Gasteiger partial charge in [-0.3, -0.25) is 9.69 Å². The minimum atomic E-state index is -3.38. The maximum Gasteiger partial charge on any atom is 0.252 e. The first kappa shape index (κ1) is 20.7. The molecule has 2 saturated heterocycles. The van der Waals surface area contributed by atoms with E-state index in [2.05, 4.69) is 10.2 Å². The Balaban J connectivity index is 1.42. The summed E-state index contributed by atoms with van der Waals surface area (Å²) in [5.74, 6) is 0.201. The van der Waals surface area contributed by atoms with Crippen LogP contribution in [0.1, 0.15) is 19.8 Å². The number of amides is 1. The molecule has 0 spiro atoms. The fourth-order valence-corrected chi connectivity index (χ4v) is 6.30. The Kier molecular flexibility index (Phi) is 7.27. The van der Waals surface area contributed by atoms with Crippen LogP contribution in [0.4, 0.5) is 0 Å². The lowest BCUT2D eigenvalue weighted by Gasteiger charge is -2.33. The van der Waals surface area contributed by atoms with E-state index in [-0.39, 0.29) is 17.7 Å². The number of sulfonamides is 1. The summed E-state index contributed by atoms with van der Waals surface area (Å²) >= 11 is 1.25. The zero-order valence-corrected chi connectivity index (χ0v) is 17.4. The Morgan fingerprint density at radius 2 is 2.00 bits per heavy atom. The number of carbonyl (C=O) groups is 1. The number of nitrogens with one attached hydrogen (secondary N) is 1. The molecule has 1 atom stereocenters. The van der Waals surface area contributed by atoms with Gasteiger partial charge in [0, 0.05) is 45.2 Å². The third-order valence-corrected chi connectivity index (χ3v) is 8.81. The summed E-state index contributed by atoms with van der Waals surface area (Å²) in [6, 6.07) is 3.41. The van der Waals surface area contributed by atoms with Gasteiger partial charge in [-0.25, -0.2) is 8.42 Å². The van der Waals surface area contributed by atoms with Crippen LogP contribution in [0.2, 0.25) is 0 Å². The van der Waals surface area contributed by atoms with Crippen molar-refractivity contribution in [1.29, 1.82) is 0 Å². The predicted octanol–water partition coefficient (Wildman–Crippen LogP) is 1.23. The summed E-state index contributed by atoms with van der Waals surface area (Å²) < 4.78 is 32.5. The SMILES string of the molecule is C[C@H](C(=O)NCCN1CCOCC1)C1CCN(S(=O)(=O)c2cccs2)CC1. The Hall–Kier alpha value is -1.00. The number of hydrogen-bond donors (Lipinski definition) is 1. The van der Waals surface area contributed by atoms with Crippen molar-refractivity contribution in [3.63, 3.8) is 0 Å². The number of nitrogens with zero attached hydrogens (tertiary/aromatic N) is 2. The molecule has 2 fully saturated rings. The molecule has 0 bridgehead atoms. The van der Waals surface area contributed by atoms with Crippen LogP contribution in [0.25, 0.3) is 0 Å². The topological polar surface area (TPSA) is 79.0 Å². The normalized spacial score (nSPS) is 21.8. The monoisotopic (exact) mass is 415 g/mol. The van der Waals surface area contributed by atoms with Crippen molar-refractivity contribution in [2.24, 2.45) is 11.8 Å². The summed E-state index contributed by atoms with van der Waals surface area (Å²) in [6.45, 7) is 7.78. The number of carbonyl (C=O) groups excluding carboxylic acids is 1. The lowest BCUT2D eigenvalue weighted by Crippen LogP contribution is -2.44. The smallest absolute Gasteiger partial charge is 0.252 e. The predicted molar refractivity (Wildman–Crippen MR) is 105 cm³/mol. The molecule has 0 aliphatic carbocycles. The van der Waals surface area contributed by atoms with E-state index in [4.69, 9.17) is 4.74 Å². The van der Waals surface area contributed by atoms with Gasteiger partial charge >= 0.3 is 0 Å². The molecule has 0 radical (unpaired) electrons. The first-order chi connectivity index (χ1) is 13.0. The fourth-order valence-electron chi connectivity index (χ4n) is 3.69. The summed E-state index contributed by atoms with van der Waals surface area (Å²) in [4.78, 5) is 14.8. The van der Waals surface area contributed by atoms with Crippen molar-refractivity contribution in [1.82, 2.24) is 14.5 Å². The van der Waals surface area contributed by atoms with E-state index in [1.165, 1.54) is 11.3 Å². The summed E-state index contributed by atoms with van der Waals surface area (Å²) in [5.41, 5.74) is 0. The molecule has 3 heterocycles. The molecule has 7 nitrogen and oxygen atoms in total. The number of rotatable bonds is 7. The van der Waals surface area contributed by atoms with E-state index < -0.39 is 10.0 Å². The van der Waals surface area contributed by atoms with Crippen LogP contribution < -0.4 is 5.32 Å². The van der Waals surface area contributed by atoms with Crippen molar-refractivity contribution < 1.29 is 17.9 Å². The minimum Gasteiger partial charge on any atom is -0.379 e. The number of piperidine rings is 1. The molecular weight excluding hydrogens is 386 g/mol. The highest BCUT2D eigenvalue weighted by atomic mass is 32.2. The van der Waals surface area contributed by atoms with Crippen molar-refractivity contribution in [2.45, 2.75) is 24.0 Å². The molecule has 1 amide bonds. The second kappa shape index (κ2) is 9.47. The average molecular weight is 416 g/mol. The van der Waals surface area contributed by atoms with Gasteiger partial charge in [0.25, 0.3) is 10.0 Å². The zero-order chi connectivity index (χ0) is 19.3. The Morgan fingerprint density at radius 1 is 1.30 bits per heavy atom. The summed E-state index contributed by atoms with van der Waals surface area (Å²) in [6.07, 6.45) is 1.45. The third kappa shape index (κ3) is 5.29. The third-order valence-electron chi connectivity index (χ3n) is 5.54. The van der Waals surface area contributed by atoms with Crippen LogP contribution in [0.15, 0.2) is 21.7 Å². The fraction of sp³-hybridized carbons (Fsp3) is 0.722. The van der Waals surface area contributed by atoms with Crippen LogP contribution in [-0.4, -0.2) is 76.0 Å². The molecule has 152 valence electrons. The molecule has 9 heteroatoms. The number of morpholine rings is 1. The zero-order valence-electron chi connectivity index (χ0n) is 15.8. The standard InChI is InChI=1S/C18H29N3O4S2/c1-15(18(22)19-6-9-20-10-12-25-13-11-20)16-4-7-21(8-5-16)27(23,24)17-3-2-14-26-17/h2-3,14-16H,4-13H2,1H3,(H,19,22)/t15-/m0/s1. The van der Waals surface area contributed by atoms with Gasteiger partial charge in [0.1, 0.15) is 4.21 Å². The molecule has 2 aliphatic heterocycles. The molecule has 1 aromatic heterocycles. The van der Waals surface area contributed by atoms with Crippen LogP contribution in [0, 0.1) is 11.8 Å². The first-order valence-electron chi connectivity index (χ1n) is 9.60. The van der Waals surface area contributed by atoms with Gasteiger partial charge < -0.3 is 10.1 Å². The van der Waals surface area contributed by atoms with E-state index in [0.29, 0.717) is 23.8 Å². The second-order valence-electron chi connectivity index (χ2n) is 7.21. The van der Waals surface area contributed by atoms with Crippen molar-refractivity contribution >= 4 is 27.3 Å². The van der Waals surface area contributed by atoms with Crippen LogP contribution in [0.5, 0.6) is 0 Å². The summed E-state index contributed by atoms with van der Waals surface area (Å²) in [7, 11) is -3.38. The van der Waals surface area contributed by atoms with Gasteiger partial charge in [0.2, 0.25) is 5.91 Å². The Bertz CT molecular complexity index is 694. The molecular formula is C18H29N3O4S2. The van der Waals surface area contributed by atoms with Gasteiger partial charge in [-0.15, -0.1) is 11.3 Å². The Labute approximate surface area is 165 Å². The number of thiophene rings is 1. The largest absolute Gasteiger partial charge is 0.379 e. The maximum absolute atomic E-state index is 12.6. The second-order valence-corrected chi connectivity index (χ2v) is 10.3. The van der Waals surface area contributed by atoms with E-state index in [1.54, 1.807) is 21.8 Å². The van der Waals surface area contributed by atoms with E-state index in [1.807, 2.05) is 6.92 Å². The number of hydrogen-bond acceptors (Lipinski definition) is 6. The van der Waals surface area contributed by atoms with E-state index in [9.17, 15) is 13.2 Å². The van der Waals surface area contributed by atoms with Crippen molar-refractivity contribution in [3.05, 3.63) is 17.5 Å². The van der Waals surface area contributed by atoms with Crippen molar-refractivity contribution in [2.75, 3.05) is 52.5 Å². The highest BCUT2D eigenvalue weighted by molar-refractivity contribution is 7.91. The van der Waals surface area contributed by atoms with Crippen LogP contribution in [0.3, 0.4) is 0 Å². The lowest BCUT2D eigenvalue weighted by atomic mass is 9.85. The van der Waals surface area contributed by atoms with Gasteiger partial charge in [0.05, 0.1) is 13.2 Å². The average Bonchev–Trinajstić information content (AvgIpc) is 3.24. The van der Waals surface area contributed by atoms with Crippen LogP contribution >= 0.6 is 11.3 Å². The molecule has 3 rings (SSSR count). The summed E-state index contributed by atoms with van der Waals surface area (Å²) in [5, 5.41) is 4.82. The molecule has 27 heavy (non-hydrogen) atoms. The van der Waals surface area contributed by atoms with Crippen LogP contribution in [-0.2, 0) is 19.6 Å². The highest BCUT2D eigenvalue weighted by Gasteiger charge is 2.33. The molecule has 0 aromatic carbocycles. The number of ether oxygens (including phenoxy) is 1. The molecule has 1 aromatic rings. The molecule has 2 aliphatic rings. The minimum absolute atomic E-state index is 0.0721. The van der Waals surface area contributed by atoms with E-state index >= 15 is 0 Å².